The number of fused-ring (bicyclic) bond motifs is 5. The van der Waals surface area contributed by atoms with E-state index in [0.29, 0.717) is 0 Å². The summed E-state index contributed by atoms with van der Waals surface area (Å²) in [5.41, 5.74) is 0. The zero-order valence-electron chi connectivity index (χ0n) is 6.42. The lowest BCUT2D eigenvalue weighted by molar-refractivity contribution is 0.187. The normalized spacial score (nSPS) is 52.2. The molecule has 3 fully saturated rings. The van der Waals surface area contributed by atoms with Gasteiger partial charge in [0, 0.05) is 12.1 Å². The van der Waals surface area contributed by atoms with Crippen molar-refractivity contribution in [3.8, 4) is 0 Å². The van der Waals surface area contributed by atoms with Crippen molar-refractivity contribution in [2.75, 3.05) is 6.54 Å². The Labute approximate surface area is 62.4 Å². The lowest BCUT2D eigenvalue weighted by Gasteiger charge is -2.28. The average molecular weight is 137 g/mol. The van der Waals surface area contributed by atoms with E-state index in [-0.39, 0.29) is 0 Å². The standard InChI is InChI=1S/C9H15N/c1-2-9-7-3-4-8(6-7)10(9)5-1/h7-9H,1-6H2. The highest BCUT2D eigenvalue weighted by Crippen LogP contribution is 2.46. The molecule has 1 aliphatic carbocycles. The third-order valence-corrected chi connectivity index (χ3v) is 3.80. The van der Waals surface area contributed by atoms with Crippen molar-refractivity contribution in [3.05, 3.63) is 0 Å². The van der Waals surface area contributed by atoms with Gasteiger partial charge in [-0.1, -0.05) is 0 Å². The molecule has 3 unspecified atom stereocenters. The van der Waals surface area contributed by atoms with Crippen molar-refractivity contribution in [2.24, 2.45) is 5.92 Å². The minimum Gasteiger partial charge on any atom is -0.297 e. The summed E-state index contributed by atoms with van der Waals surface area (Å²) in [6, 6.07) is 2.07. The summed E-state index contributed by atoms with van der Waals surface area (Å²) in [6.07, 6.45) is 7.61. The second-order valence-electron chi connectivity index (χ2n) is 4.17. The molecular weight excluding hydrogens is 122 g/mol. The fourth-order valence-corrected chi connectivity index (χ4v) is 3.42. The Morgan fingerprint density at radius 1 is 1.10 bits per heavy atom. The fraction of sp³-hybridized carbons (Fsp3) is 1.00. The molecule has 0 spiro atoms. The predicted molar refractivity (Wildman–Crippen MR) is 40.9 cm³/mol. The SMILES string of the molecule is C1CC2C3CCC(C3)N2C1. The van der Waals surface area contributed by atoms with E-state index in [1.165, 1.54) is 25.8 Å². The summed E-state index contributed by atoms with van der Waals surface area (Å²) in [5.74, 6) is 1.12. The van der Waals surface area contributed by atoms with Gasteiger partial charge in [0.15, 0.2) is 0 Å². The van der Waals surface area contributed by atoms with Gasteiger partial charge >= 0.3 is 0 Å². The van der Waals surface area contributed by atoms with E-state index in [4.69, 9.17) is 0 Å². The summed E-state index contributed by atoms with van der Waals surface area (Å²) in [6.45, 7) is 1.42. The number of hydrogen-bond donors (Lipinski definition) is 0. The van der Waals surface area contributed by atoms with E-state index in [1.807, 2.05) is 0 Å². The van der Waals surface area contributed by atoms with Crippen molar-refractivity contribution < 1.29 is 0 Å². The molecule has 3 atom stereocenters. The van der Waals surface area contributed by atoms with Crippen LogP contribution in [-0.2, 0) is 0 Å². The summed E-state index contributed by atoms with van der Waals surface area (Å²) in [5, 5.41) is 0. The first-order valence-electron chi connectivity index (χ1n) is 4.71. The topological polar surface area (TPSA) is 3.24 Å². The summed E-state index contributed by atoms with van der Waals surface area (Å²) in [4.78, 5) is 2.79. The van der Waals surface area contributed by atoms with Crippen LogP contribution in [-0.4, -0.2) is 23.5 Å². The average Bonchev–Trinajstić information content (AvgIpc) is 2.60. The van der Waals surface area contributed by atoms with Crippen molar-refractivity contribution >= 4 is 0 Å². The van der Waals surface area contributed by atoms with Gasteiger partial charge in [0.1, 0.15) is 0 Å². The van der Waals surface area contributed by atoms with Crippen molar-refractivity contribution in [2.45, 2.75) is 44.2 Å². The van der Waals surface area contributed by atoms with Crippen LogP contribution >= 0.6 is 0 Å². The van der Waals surface area contributed by atoms with Crippen molar-refractivity contribution in [1.82, 2.24) is 4.90 Å². The highest BCUT2D eigenvalue weighted by molar-refractivity contribution is 5.01. The Hall–Kier alpha value is -0.0400. The van der Waals surface area contributed by atoms with E-state index in [0.717, 1.165) is 18.0 Å². The van der Waals surface area contributed by atoms with Crippen LogP contribution in [0.3, 0.4) is 0 Å². The third-order valence-electron chi connectivity index (χ3n) is 3.80. The van der Waals surface area contributed by atoms with E-state index >= 15 is 0 Å². The molecule has 2 saturated heterocycles. The first-order chi connectivity index (χ1) is 4.95. The zero-order valence-corrected chi connectivity index (χ0v) is 6.42. The molecule has 0 aromatic heterocycles. The minimum atomic E-state index is 1.03. The monoisotopic (exact) mass is 137 g/mol. The molecule has 0 N–H and O–H groups in total. The molecule has 0 amide bonds. The van der Waals surface area contributed by atoms with Gasteiger partial charge in [-0.25, -0.2) is 0 Å². The summed E-state index contributed by atoms with van der Waals surface area (Å²) >= 11 is 0. The summed E-state index contributed by atoms with van der Waals surface area (Å²) < 4.78 is 0. The smallest absolute Gasteiger partial charge is 0.0127 e. The number of nitrogens with zero attached hydrogens (tertiary/aromatic N) is 1. The quantitative estimate of drug-likeness (QED) is 0.490. The molecule has 56 valence electrons. The maximum absolute atomic E-state index is 2.79. The summed E-state index contributed by atoms with van der Waals surface area (Å²) in [7, 11) is 0. The Balaban J connectivity index is 1.92. The molecule has 1 saturated carbocycles. The predicted octanol–water partition coefficient (Wildman–Crippen LogP) is 1.63. The lowest BCUT2D eigenvalue weighted by Crippen LogP contribution is -2.35. The Bertz CT molecular complexity index is 139. The van der Waals surface area contributed by atoms with Gasteiger partial charge < -0.3 is 0 Å². The maximum Gasteiger partial charge on any atom is 0.0127 e. The molecule has 1 heteroatoms. The van der Waals surface area contributed by atoms with Gasteiger partial charge in [-0.3, -0.25) is 4.90 Å². The highest BCUT2D eigenvalue weighted by Gasteiger charge is 2.47. The highest BCUT2D eigenvalue weighted by atomic mass is 15.2. The number of piperidine rings is 1. The number of hydrogen-bond acceptors (Lipinski definition) is 1. The molecule has 2 heterocycles. The van der Waals surface area contributed by atoms with Crippen LogP contribution in [0.5, 0.6) is 0 Å². The first kappa shape index (κ1) is 5.59. The van der Waals surface area contributed by atoms with Crippen LogP contribution in [0.4, 0.5) is 0 Å². The van der Waals surface area contributed by atoms with Gasteiger partial charge in [0.2, 0.25) is 0 Å². The molecule has 3 aliphatic rings. The molecule has 0 radical (unpaired) electrons. The third kappa shape index (κ3) is 0.531. The van der Waals surface area contributed by atoms with Crippen LogP contribution in [0.25, 0.3) is 0 Å². The second kappa shape index (κ2) is 1.76. The molecule has 2 aliphatic heterocycles. The maximum atomic E-state index is 2.79. The van der Waals surface area contributed by atoms with Gasteiger partial charge in [-0.05, 0) is 44.6 Å². The van der Waals surface area contributed by atoms with E-state index < -0.39 is 0 Å². The molecule has 0 aromatic rings. The first-order valence-corrected chi connectivity index (χ1v) is 4.71. The molecule has 1 nitrogen and oxygen atoms in total. The Kier molecular flexibility index (Phi) is 0.984. The zero-order chi connectivity index (χ0) is 6.55. The van der Waals surface area contributed by atoms with Gasteiger partial charge in [0.25, 0.3) is 0 Å². The molecule has 0 aromatic carbocycles. The van der Waals surface area contributed by atoms with Crippen LogP contribution in [0, 0.1) is 5.92 Å². The Morgan fingerprint density at radius 2 is 2.10 bits per heavy atom. The van der Waals surface area contributed by atoms with Crippen LogP contribution in [0.1, 0.15) is 32.1 Å². The van der Waals surface area contributed by atoms with E-state index in [1.54, 1.807) is 12.8 Å². The molecular formula is C9H15N. The van der Waals surface area contributed by atoms with Crippen molar-refractivity contribution in [1.29, 1.82) is 0 Å². The van der Waals surface area contributed by atoms with E-state index in [9.17, 15) is 0 Å². The second-order valence-corrected chi connectivity index (χ2v) is 4.17. The van der Waals surface area contributed by atoms with Gasteiger partial charge in [-0.15, -0.1) is 0 Å². The van der Waals surface area contributed by atoms with Gasteiger partial charge in [-0.2, -0.15) is 0 Å². The van der Waals surface area contributed by atoms with Crippen LogP contribution in [0.15, 0.2) is 0 Å². The van der Waals surface area contributed by atoms with Crippen molar-refractivity contribution in [3.63, 3.8) is 0 Å². The molecule has 2 bridgehead atoms. The largest absolute Gasteiger partial charge is 0.297 e. The lowest BCUT2D eigenvalue weighted by atomic mass is 9.98. The minimum absolute atomic E-state index is 1.03. The fourth-order valence-electron chi connectivity index (χ4n) is 3.42. The Morgan fingerprint density at radius 3 is 3.00 bits per heavy atom. The number of rotatable bonds is 0. The molecule has 10 heavy (non-hydrogen) atoms. The van der Waals surface area contributed by atoms with Crippen LogP contribution < -0.4 is 0 Å². The van der Waals surface area contributed by atoms with Gasteiger partial charge in [0.05, 0.1) is 0 Å². The van der Waals surface area contributed by atoms with Crippen LogP contribution in [0.2, 0.25) is 0 Å². The molecule has 3 rings (SSSR count). The van der Waals surface area contributed by atoms with E-state index in [2.05, 4.69) is 4.90 Å².